The van der Waals surface area contributed by atoms with Crippen molar-refractivity contribution >= 4 is 5.91 Å². The van der Waals surface area contributed by atoms with Crippen molar-refractivity contribution in [3.8, 4) is 11.5 Å². The van der Waals surface area contributed by atoms with Crippen molar-refractivity contribution in [3.63, 3.8) is 0 Å². The summed E-state index contributed by atoms with van der Waals surface area (Å²) in [4.78, 5) is 12.2. The van der Waals surface area contributed by atoms with Gasteiger partial charge in [0.1, 0.15) is 11.5 Å². The smallest absolute Gasteiger partial charge is 0.223 e. The SMILES string of the molecule is COc1cc(CCNC(=O)[C@H]2CC[C@@H](N)[C@H](O)C2)cc(OC)c1. The molecule has 0 aromatic heterocycles. The van der Waals surface area contributed by atoms with Crippen LogP contribution in [-0.4, -0.2) is 43.9 Å². The Morgan fingerprint density at radius 1 is 1.26 bits per heavy atom. The first-order valence-electron chi connectivity index (χ1n) is 7.96. The van der Waals surface area contributed by atoms with Gasteiger partial charge in [0.2, 0.25) is 5.91 Å². The number of rotatable bonds is 6. The minimum absolute atomic E-state index is 0.00851. The second-order valence-corrected chi connectivity index (χ2v) is 6.00. The van der Waals surface area contributed by atoms with Gasteiger partial charge in [-0.2, -0.15) is 0 Å². The van der Waals surface area contributed by atoms with E-state index in [0.29, 0.717) is 25.8 Å². The lowest BCUT2D eigenvalue weighted by Crippen LogP contribution is -2.44. The molecule has 4 N–H and O–H groups in total. The van der Waals surface area contributed by atoms with Crippen molar-refractivity contribution in [2.75, 3.05) is 20.8 Å². The molecule has 1 aliphatic carbocycles. The van der Waals surface area contributed by atoms with E-state index in [1.807, 2.05) is 18.2 Å². The summed E-state index contributed by atoms with van der Waals surface area (Å²) >= 11 is 0. The van der Waals surface area contributed by atoms with Crippen LogP contribution in [-0.2, 0) is 11.2 Å². The van der Waals surface area contributed by atoms with E-state index in [-0.39, 0.29) is 17.9 Å². The molecule has 0 unspecified atom stereocenters. The molecule has 2 rings (SSSR count). The van der Waals surface area contributed by atoms with Crippen LogP contribution in [0, 0.1) is 5.92 Å². The second kappa shape index (κ2) is 8.17. The van der Waals surface area contributed by atoms with Crippen LogP contribution in [0.1, 0.15) is 24.8 Å². The van der Waals surface area contributed by atoms with E-state index in [0.717, 1.165) is 23.5 Å². The Kier molecular flexibility index (Phi) is 6.24. The predicted octanol–water partition coefficient (Wildman–Crippen LogP) is 0.851. The van der Waals surface area contributed by atoms with Crippen molar-refractivity contribution in [2.45, 2.75) is 37.8 Å². The molecule has 23 heavy (non-hydrogen) atoms. The van der Waals surface area contributed by atoms with Crippen LogP contribution >= 0.6 is 0 Å². The molecule has 0 aliphatic heterocycles. The maximum absolute atomic E-state index is 12.2. The molecule has 1 aliphatic rings. The summed E-state index contributed by atoms with van der Waals surface area (Å²) in [6.07, 6.45) is 1.97. The largest absolute Gasteiger partial charge is 0.497 e. The lowest BCUT2D eigenvalue weighted by Gasteiger charge is -2.29. The fourth-order valence-electron chi connectivity index (χ4n) is 2.89. The summed E-state index contributed by atoms with van der Waals surface area (Å²) < 4.78 is 10.5. The van der Waals surface area contributed by atoms with E-state index in [1.54, 1.807) is 14.2 Å². The van der Waals surface area contributed by atoms with Gasteiger partial charge in [-0.15, -0.1) is 0 Å². The number of methoxy groups -OCH3 is 2. The highest BCUT2D eigenvalue weighted by Crippen LogP contribution is 2.24. The van der Waals surface area contributed by atoms with Crippen LogP contribution in [0.2, 0.25) is 0 Å². The van der Waals surface area contributed by atoms with Crippen molar-refractivity contribution in [1.29, 1.82) is 0 Å². The van der Waals surface area contributed by atoms with Gasteiger partial charge in [0, 0.05) is 24.6 Å². The van der Waals surface area contributed by atoms with Crippen molar-refractivity contribution < 1.29 is 19.4 Å². The third kappa shape index (κ3) is 4.84. The normalized spacial score (nSPS) is 24.1. The number of aliphatic hydroxyl groups excluding tert-OH is 1. The molecule has 1 saturated carbocycles. The Morgan fingerprint density at radius 2 is 1.91 bits per heavy atom. The van der Waals surface area contributed by atoms with Gasteiger partial charge in [0.15, 0.2) is 0 Å². The average molecular weight is 322 g/mol. The number of amides is 1. The minimum atomic E-state index is -0.581. The van der Waals surface area contributed by atoms with Crippen LogP contribution in [0.5, 0.6) is 11.5 Å². The minimum Gasteiger partial charge on any atom is -0.497 e. The van der Waals surface area contributed by atoms with Crippen LogP contribution in [0.3, 0.4) is 0 Å². The number of carbonyl (C=O) groups is 1. The monoisotopic (exact) mass is 322 g/mol. The lowest BCUT2D eigenvalue weighted by molar-refractivity contribution is -0.127. The van der Waals surface area contributed by atoms with Crippen LogP contribution < -0.4 is 20.5 Å². The fourth-order valence-corrected chi connectivity index (χ4v) is 2.89. The molecule has 6 heteroatoms. The van der Waals surface area contributed by atoms with E-state index in [9.17, 15) is 9.90 Å². The molecular formula is C17H26N2O4. The highest BCUT2D eigenvalue weighted by atomic mass is 16.5. The van der Waals surface area contributed by atoms with Crippen molar-refractivity contribution in [3.05, 3.63) is 23.8 Å². The maximum atomic E-state index is 12.2. The molecule has 0 radical (unpaired) electrons. The number of hydrogen-bond acceptors (Lipinski definition) is 5. The Balaban J connectivity index is 1.84. The van der Waals surface area contributed by atoms with E-state index in [2.05, 4.69) is 5.32 Å². The van der Waals surface area contributed by atoms with Crippen LogP contribution in [0.15, 0.2) is 18.2 Å². The van der Waals surface area contributed by atoms with Gasteiger partial charge in [0.25, 0.3) is 0 Å². The Labute approximate surface area is 137 Å². The summed E-state index contributed by atoms with van der Waals surface area (Å²) in [6.45, 7) is 0.536. The highest BCUT2D eigenvalue weighted by Gasteiger charge is 2.30. The molecule has 128 valence electrons. The molecule has 1 aromatic carbocycles. The third-order valence-electron chi connectivity index (χ3n) is 4.36. The van der Waals surface area contributed by atoms with Gasteiger partial charge in [-0.05, 0) is 43.4 Å². The number of nitrogens with one attached hydrogen (secondary N) is 1. The Morgan fingerprint density at radius 3 is 2.48 bits per heavy atom. The topological polar surface area (TPSA) is 93.8 Å². The molecule has 0 heterocycles. The molecule has 0 spiro atoms. The third-order valence-corrected chi connectivity index (χ3v) is 4.36. The lowest BCUT2D eigenvalue weighted by atomic mass is 9.84. The first-order chi connectivity index (χ1) is 11.0. The van der Waals surface area contributed by atoms with E-state index in [1.165, 1.54) is 0 Å². The van der Waals surface area contributed by atoms with Crippen molar-refractivity contribution in [2.24, 2.45) is 11.7 Å². The molecule has 0 saturated heterocycles. The first kappa shape index (κ1) is 17.6. The standard InChI is InChI=1S/C17H26N2O4/c1-22-13-7-11(8-14(10-13)23-2)5-6-19-17(21)12-3-4-15(18)16(20)9-12/h7-8,10,12,15-16,20H,3-6,9,18H2,1-2H3,(H,19,21)/t12-,15+,16+/m0/s1. The molecule has 0 bridgehead atoms. The maximum Gasteiger partial charge on any atom is 0.223 e. The summed E-state index contributed by atoms with van der Waals surface area (Å²) in [7, 11) is 3.22. The van der Waals surface area contributed by atoms with Gasteiger partial charge < -0.3 is 25.6 Å². The number of aliphatic hydroxyl groups is 1. The van der Waals surface area contributed by atoms with Gasteiger partial charge in [-0.25, -0.2) is 0 Å². The Bertz CT molecular complexity index is 513. The first-order valence-corrected chi connectivity index (χ1v) is 7.96. The van der Waals surface area contributed by atoms with E-state index >= 15 is 0 Å². The summed E-state index contributed by atoms with van der Waals surface area (Å²) in [5.74, 6) is 1.31. The number of carbonyl (C=O) groups excluding carboxylic acids is 1. The van der Waals surface area contributed by atoms with Gasteiger partial charge in [-0.1, -0.05) is 0 Å². The molecule has 1 aromatic rings. The van der Waals surface area contributed by atoms with Crippen LogP contribution in [0.25, 0.3) is 0 Å². The fraction of sp³-hybridized carbons (Fsp3) is 0.588. The zero-order chi connectivity index (χ0) is 16.8. The van der Waals surface area contributed by atoms with Gasteiger partial charge in [0.05, 0.1) is 20.3 Å². The molecular weight excluding hydrogens is 296 g/mol. The summed E-state index contributed by atoms with van der Waals surface area (Å²) in [5, 5.41) is 12.7. The van der Waals surface area contributed by atoms with Gasteiger partial charge in [-0.3, -0.25) is 4.79 Å². The molecule has 3 atom stereocenters. The molecule has 1 amide bonds. The number of hydrogen-bond donors (Lipinski definition) is 3. The number of nitrogens with two attached hydrogens (primary N) is 1. The quantitative estimate of drug-likeness (QED) is 0.722. The second-order valence-electron chi connectivity index (χ2n) is 6.00. The summed E-state index contributed by atoms with van der Waals surface area (Å²) in [5.41, 5.74) is 6.80. The predicted molar refractivity (Wildman–Crippen MR) is 87.6 cm³/mol. The average Bonchev–Trinajstić information content (AvgIpc) is 2.56. The zero-order valence-electron chi connectivity index (χ0n) is 13.7. The van der Waals surface area contributed by atoms with Crippen molar-refractivity contribution in [1.82, 2.24) is 5.32 Å². The Hall–Kier alpha value is -1.79. The van der Waals surface area contributed by atoms with E-state index < -0.39 is 6.10 Å². The van der Waals surface area contributed by atoms with E-state index in [4.69, 9.17) is 15.2 Å². The van der Waals surface area contributed by atoms with Gasteiger partial charge >= 0.3 is 0 Å². The molecule has 6 nitrogen and oxygen atoms in total. The zero-order valence-corrected chi connectivity index (χ0v) is 13.7. The van der Waals surface area contributed by atoms with Crippen LogP contribution in [0.4, 0.5) is 0 Å². The number of benzene rings is 1. The molecule has 1 fully saturated rings. The number of ether oxygens (including phenoxy) is 2. The highest BCUT2D eigenvalue weighted by molar-refractivity contribution is 5.78. The summed E-state index contributed by atoms with van der Waals surface area (Å²) in [6, 6.07) is 5.47.